The summed E-state index contributed by atoms with van der Waals surface area (Å²) in [6, 6.07) is 34.9. The van der Waals surface area contributed by atoms with Crippen LogP contribution in [0.4, 0.5) is 17.3 Å². The van der Waals surface area contributed by atoms with Crippen LogP contribution in [0.25, 0.3) is 67.9 Å². The summed E-state index contributed by atoms with van der Waals surface area (Å²) in [7, 11) is -3.26. The van der Waals surface area contributed by atoms with E-state index in [2.05, 4.69) is 51.1 Å². The normalized spacial score (nSPS) is 13.8. The minimum absolute atomic E-state index is 0.00510. The fraction of sp³-hybridized carbons (Fsp3) is 0.354. The molecule has 4 aromatic heterocycles. The van der Waals surface area contributed by atoms with Crippen LogP contribution in [0.15, 0.2) is 159 Å². The molecule has 7 amide bonds. The molecule has 113 heavy (non-hydrogen) atoms. The minimum atomic E-state index is -3.46. The summed E-state index contributed by atoms with van der Waals surface area (Å²) in [5.41, 5.74) is 19.8. The zero-order valence-electron chi connectivity index (χ0n) is 63.3. The number of nitrogens with one attached hydrogen (secondary N) is 3. The summed E-state index contributed by atoms with van der Waals surface area (Å²) in [6.07, 6.45) is 3.25. The van der Waals surface area contributed by atoms with Crippen molar-refractivity contribution in [1.29, 1.82) is 0 Å². The standard InChI is InChI=1S/C79H89N15O17S2/c1-49(2)112(102,103)57-24-20-55(21-25-57)63-43-83-75(80)73(86-63)66-41-61(89-110-66)53-16-12-51(13-17-53)46-91(5)31-34-106-37-38-107-35-32-93(70(97)45-82-30-8-11-68(95)85-60-10-7-9-59-72(60)79(101)94(78(59)100)65-28-29-69(96)88-77(65)99)33-36-108-39-40-109-48-71(98)92(6)47-52-14-18-54(19-15-52)62-42-67(111-90-62)74-76(81)84-44-64(87-74)56-22-26-58(27-23-56)113(104,105)50(3)4/h7,9-10,12-27,41-44,49-50,65,82H,8,11,28-40,45-48H2,1-6H3,(H2,80,83)(H2,81,84)(H,85,95)(H,88,96,99). The predicted octanol–water partition coefficient (Wildman–Crippen LogP) is 7.17. The van der Waals surface area contributed by atoms with Crippen LogP contribution in [0.2, 0.25) is 0 Å². The SMILES string of the molecule is CC(C)S(=O)(=O)c1ccc(-c2cnc(N)c(-c3cc(-c4ccc(CN(C)CCOCCOCCN(CCOCCOCC(=O)N(C)Cc5ccc(-c6cc(-c7nc(-c8ccc(S(=O)(=O)C(C)C)cc8)cnc7N)on6)cc5)C(=O)CNCCCC(=O)Nc5cccc6c5C(=O)N(C5CCC(=O)NC5=O)C6=O)cc4)no3)n2)cc1. The molecule has 0 aliphatic carbocycles. The van der Waals surface area contributed by atoms with Crippen molar-refractivity contribution in [3.05, 3.63) is 162 Å². The number of nitrogens with two attached hydrogens (primary N) is 2. The molecule has 2 aliphatic heterocycles. The molecule has 1 atom stereocenters. The Morgan fingerprint density at radius 1 is 0.602 bits per heavy atom. The second-order valence-electron chi connectivity index (χ2n) is 27.5. The van der Waals surface area contributed by atoms with Crippen LogP contribution in [-0.4, -0.2) is 224 Å². The Labute approximate surface area is 653 Å². The van der Waals surface area contributed by atoms with Gasteiger partial charge in [0.1, 0.15) is 24.0 Å². The number of carbonyl (C=O) groups is 7. The number of benzene rings is 5. The van der Waals surface area contributed by atoms with Gasteiger partial charge in [-0.2, -0.15) is 0 Å². The van der Waals surface area contributed by atoms with E-state index in [1.165, 1.54) is 47.6 Å². The van der Waals surface area contributed by atoms with E-state index < -0.39 is 65.8 Å². The summed E-state index contributed by atoms with van der Waals surface area (Å²) in [4.78, 5) is 116. The molecule has 7 N–H and O–H groups in total. The highest BCUT2D eigenvalue weighted by Crippen LogP contribution is 2.36. The lowest BCUT2D eigenvalue weighted by Gasteiger charge is -2.27. The Morgan fingerprint density at radius 3 is 1.60 bits per heavy atom. The molecule has 0 radical (unpaired) electrons. The van der Waals surface area contributed by atoms with E-state index >= 15 is 0 Å². The lowest BCUT2D eigenvalue weighted by atomic mass is 10.0. The lowest BCUT2D eigenvalue weighted by Crippen LogP contribution is -2.54. The van der Waals surface area contributed by atoms with Gasteiger partial charge in [0.05, 0.1) is 114 Å². The van der Waals surface area contributed by atoms with Crippen LogP contribution >= 0.6 is 0 Å². The molecule has 9 aromatic rings. The van der Waals surface area contributed by atoms with E-state index in [4.69, 9.17) is 39.5 Å². The van der Waals surface area contributed by atoms with Crippen LogP contribution in [-0.2, 0) is 75.7 Å². The van der Waals surface area contributed by atoms with Gasteiger partial charge in [-0.05, 0) is 102 Å². The molecule has 1 fully saturated rings. The molecule has 0 bridgehead atoms. The second kappa shape index (κ2) is 37.8. The summed E-state index contributed by atoms with van der Waals surface area (Å²) in [6.45, 7) is 10.0. The maximum atomic E-state index is 13.7. The summed E-state index contributed by atoms with van der Waals surface area (Å²) >= 11 is 0. The number of hydrogen-bond donors (Lipinski definition) is 5. The number of anilines is 3. The number of amides is 7. The van der Waals surface area contributed by atoms with Crippen LogP contribution in [0.3, 0.4) is 0 Å². The summed E-state index contributed by atoms with van der Waals surface area (Å²) in [5, 5.41) is 15.4. The zero-order valence-corrected chi connectivity index (χ0v) is 65.0. The van der Waals surface area contributed by atoms with Crippen molar-refractivity contribution in [2.45, 2.75) is 92.8 Å². The van der Waals surface area contributed by atoms with Crippen molar-refractivity contribution in [3.63, 3.8) is 0 Å². The van der Waals surface area contributed by atoms with E-state index in [-0.39, 0.29) is 153 Å². The van der Waals surface area contributed by atoms with E-state index in [1.807, 2.05) is 55.6 Å². The monoisotopic (exact) mass is 1580 g/mol. The quantitative estimate of drug-likeness (QED) is 0.0188. The van der Waals surface area contributed by atoms with Gasteiger partial charge in [0.15, 0.2) is 54.2 Å². The van der Waals surface area contributed by atoms with Crippen molar-refractivity contribution in [3.8, 4) is 67.9 Å². The first-order valence-corrected chi connectivity index (χ1v) is 39.8. The highest BCUT2D eigenvalue weighted by atomic mass is 32.2. The van der Waals surface area contributed by atoms with Gasteiger partial charge in [0.2, 0.25) is 29.5 Å². The van der Waals surface area contributed by atoms with Gasteiger partial charge in [0.25, 0.3) is 11.8 Å². The molecule has 32 nitrogen and oxygen atoms in total. The number of aromatic nitrogens is 6. The molecule has 11 rings (SSSR count). The van der Waals surface area contributed by atoms with Gasteiger partial charge in [-0.3, -0.25) is 48.7 Å². The maximum Gasteiger partial charge on any atom is 0.264 e. The van der Waals surface area contributed by atoms with Crippen LogP contribution in [0.1, 0.15) is 85.2 Å². The first-order valence-electron chi connectivity index (χ1n) is 36.7. The van der Waals surface area contributed by atoms with Crippen molar-refractivity contribution in [2.24, 2.45) is 0 Å². The lowest BCUT2D eigenvalue weighted by molar-refractivity contribution is -0.137. The van der Waals surface area contributed by atoms with Crippen molar-refractivity contribution >= 4 is 78.3 Å². The Hall–Kier alpha value is -11.4. The Morgan fingerprint density at radius 2 is 1.09 bits per heavy atom. The molecule has 594 valence electrons. The third-order valence-electron chi connectivity index (χ3n) is 18.8. The number of imide groups is 2. The number of likely N-dealkylation sites (N-methyl/N-ethyl adjacent to an activating group) is 2. The molecule has 34 heteroatoms. The number of carbonyl (C=O) groups excluding carboxylic acids is 7. The second-order valence-corrected chi connectivity index (χ2v) is 32.5. The van der Waals surface area contributed by atoms with Crippen molar-refractivity contribution in [2.75, 3.05) is 116 Å². The molecule has 2 aliphatic rings. The maximum absolute atomic E-state index is 13.7. The van der Waals surface area contributed by atoms with E-state index in [9.17, 15) is 50.4 Å². The van der Waals surface area contributed by atoms with Crippen molar-refractivity contribution in [1.82, 2.24) is 60.5 Å². The summed E-state index contributed by atoms with van der Waals surface area (Å²) in [5.74, 6) is -2.82. The van der Waals surface area contributed by atoms with Crippen molar-refractivity contribution < 1.29 is 78.4 Å². The number of ether oxygens (including phenoxy) is 4. The smallest absolute Gasteiger partial charge is 0.264 e. The first kappa shape index (κ1) is 82.6. The highest BCUT2D eigenvalue weighted by molar-refractivity contribution is 7.92. The molecular weight excluding hydrogens is 1500 g/mol. The Balaban J connectivity index is 0.603. The van der Waals surface area contributed by atoms with Crippen LogP contribution in [0, 0.1) is 0 Å². The Bertz CT molecular complexity index is 5140. The van der Waals surface area contributed by atoms with Crippen LogP contribution in [0.5, 0.6) is 0 Å². The molecule has 6 heterocycles. The number of fused-ring (bicyclic) bond motifs is 1. The fourth-order valence-corrected chi connectivity index (χ4v) is 14.3. The summed E-state index contributed by atoms with van der Waals surface area (Å²) < 4.78 is 85.4. The van der Waals surface area contributed by atoms with Gasteiger partial charge >= 0.3 is 0 Å². The van der Waals surface area contributed by atoms with Gasteiger partial charge < -0.3 is 59.9 Å². The number of nitrogen functional groups attached to an aromatic ring is 2. The zero-order chi connectivity index (χ0) is 80.5. The first-order chi connectivity index (χ1) is 54.2. The molecule has 1 unspecified atom stereocenters. The minimum Gasteiger partial charge on any atom is -0.382 e. The van der Waals surface area contributed by atoms with E-state index in [0.717, 1.165) is 27.2 Å². The fourth-order valence-electron chi connectivity index (χ4n) is 12.2. The molecule has 1 saturated heterocycles. The number of sulfone groups is 2. The Kier molecular flexibility index (Phi) is 27.6. The topological polar surface area (TPSA) is 429 Å². The molecule has 0 spiro atoms. The molecule has 0 saturated carbocycles. The van der Waals surface area contributed by atoms with Crippen LogP contribution < -0.4 is 27.4 Å². The van der Waals surface area contributed by atoms with Gasteiger partial charge in [-0.25, -0.2) is 36.8 Å². The third-order valence-corrected chi connectivity index (χ3v) is 23.2. The average Bonchev–Trinajstić information content (AvgIpc) is 1.60. The van der Waals surface area contributed by atoms with Gasteiger partial charge in [0, 0.05) is 87.0 Å². The number of nitrogens with zero attached hydrogens (tertiary/aromatic N) is 10. The number of piperidine rings is 1. The predicted molar refractivity (Wildman–Crippen MR) is 417 cm³/mol. The number of rotatable bonds is 39. The highest BCUT2D eigenvalue weighted by Gasteiger charge is 2.46. The van der Waals surface area contributed by atoms with E-state index in [0.29, 0.717) is 78.1 Å². The third kappa shape index (κ3) is 20.9. The number of hydrogen-bond acceptors (Lipinski definition) is 27. The van der Waals surface area contributed by atoms with E-state index in [1.54, 1.807) is 88.2 Å². The molecule has 5 aromatic carbocycles. The van der Waals surface area contributed by atoms with Gasteiger partial charge in [-0.1, -0.05) is 89.2 Å². The molecular formula is C79H89N15O17S2. The van der Waals surface area contributed by atoms with Gasteiger partial charge in [-0.15, -0.1) is 0 Å². The average molecular weight is 1580 g/mol. The largest absolute Gasteiger partial charge is 0.382 e.